The van der Waals surface area contributed by atoms with Crippen LogP contribution in [0.1, 0.15) is 150 Å². The number of carbonyl (C=O) groups excluding carboxylic acids is 15. The molecule has 0 radical (unpaired) electrons. The Labute approximate surface area is 629 Å². The van der Waals surface area contributed by atoms with Crippen LogP contribution in [0.4, 0.5) is 0 Å². The van der Waals surface area contributed by atoms with Gasteiger partial charge in [-0.2, -0.15) is 0 Å². The lowest BCUT2D eigenvalue weighted by molar-refractivity contribution is -0.174. The summed E-state index contributed by atoms with van der Waals surface area (Å²) in [5.74, 6) is -14.0. The summed E-state index contributed by atoms with van der Waals surface area (Å²) in [6.45, 7) is 20.3. The standard InChI is InChI=1S/C73H124N6O28/c1-19-96-34-70(30-77-56(82)20-23-74-59(85)27-97-35-71(33-80,38-100-62(88)47(4)5)39-107-69(95)54(18)26-55(81)46(2)3,31-78-57(83)21-24-75-60(86)28-98-36-72(40-101-63(89)48(6)7,41-102-64(90)49(8)9)42-103-65(91)50(10)11)32-79-58(84)22-25-76-61(87)29-99-37-73(43-104-66(92)51(12)13,44-105-67(93)52(14)15)45-106-68(94)53(16)17/h46-54,80H,19-45H2,1-18H3,(H,74,85)(H,75,86)(H,76,87)(H,77,82)(H,78,83)(H,79,84). The number of esters is 8. The highest BCUT2D eigenvalue weighted by Crippen LogP contribution is 2.26. The second-order valence-corrected chi connectivity index (χ2v) is 29.6. The predicted octanol–water partition coefficient (Wildman–Crippen LogP) is 2.07. The summed E-state index contributed by atoms with van der Waals surface area (Å²) in [5.41, 5.74) is -5.71. The highest BCUT2D eigenvalue weighted by atomic mass is 16.6. The summed E-state index contributed by atoms with van der Waals surface area (Å²) in [7, 11) is 0. The Hall–Kier alpha value is -7.95. The zero-order valence-electron chi connectivity index (χ0n) is 66.3. The van der Waals surface area contributed by atoms with Crippen molar-refractivity contribution in [3.05, 3.63) is 0 Å². The number of rotatable bonds is 58. The molecular weight excluding hydrogens is 1410 g/mol. The molecule has 614 valence electrons. The molecule has 0 heterocycles. The highest BCUT2D eigenvalue weighted by Gasteiger charge is 2.41. The molecule has 0 aliphatic heterocycles. The van der Waals surface area contributed by atoms with Crippen LogP contribution in [-0.2, 0) is 129 Å². The maximum Gasteiger partial charge on any atom is 0.309 e. The topological polar surface area (TPSA) is 459 Å². The van der Waals surface area contributed by atoms with Crippen molar-refractivity contribution >= 4 is 89.0 Å². The van der Waals surface area contributed by atoms with Gasteiger partial charge in [0.15, 0.2) is 0 Å². The lowest BCUT2D eigenvalue weighted by Crippen LogP contribution is -2.54. The van der Waals surface area contributed by atoms with Crippen molar-refractivity contribution in [2.75, 3.05) is 152 Å². The van der Waals surface area contributed by atoms with Gasteiger partial charge in [0.1, 0.15) is 78.5 Å². The molecule has 6 amide bonds. The van der Waals surface area contributed by atoms with Crippen LogP contribution in [0, 0.1) is 74.9 Å². The molecule has 0 aromatic heterocycles. The van der Waals surface area contributed by atoms with Crippen molar-refractivity contribution < 1.29 is 134 Å². The normalized spacial score (nSPS) is 12.6. The van der Waals surface area contributed by atoms with Gasteiger partial charge in [-0.15, -0.1) is 0 Å². The molecule has 34 heteroatoms. The lowest BCUT2D eigenvalue weighted by atomic mass is 9.88. The molecule has 107 heavy (non-hydrogen) atoms. The zero-order chi connectivity index (χ0) is 81.7. The van der Waals surface area contributed by atoms with Gasteiger partial charge < -0.3 is 93.8 Å². The average molecular weight is 1530 g/mol. The van der Waals surface area contributed by atoms with Gasteiger partial charge >= 0.3 is 47.8 Å². The Morgan fingerprint density at radius 1 is 0.280 bits per heavy atom. The van der Waals surface area contributed by atoms with Crippen molar-refractivity contribution in [3.63, 3.8) is 0 Å². The van der Waals surface area contributed by atoms with E-state index < -0.39 is 251 Å². The fourth-order valence-electron chi connectivity index (χ4n) is 8.45. The number of aliphatic hydroxyl groups excluding tert-OH is 1. The predicted molar refractivity (Wildman–Crippen MR) is 383 cm³/mol. The monoisotopic (exact) mass is 1530 g/mol. The average Bonchev–Trinajstić information content (AvgIpc) is 0.866. The van der Waals surface area contributed by atoms with E-state index in [4.69, 9.17) is 56.8 Å². The molecule has 0 saturated carbocycles. The molecule has 0 aromatic carbocycles. The van der Waals surface area contributed by atoms with E-state index in [0.717, 1.165) is 0 Å². The minimum Gasteiger partial charge on any atom is -0.465 e. The second-order valence-electron chi connectivity index (χ2n) is 29.6. The Bertz CT molecular complexity index is 2600. The van der Waals surface area contributed by atoms with Crippen molar-refractivity contribution in [2.24, 2.45) is 74.9 Å². The van der Waals surface area contributed by atoms with Crippen LogP contribution in [-0.4, -0.2) is 246 Å². The van der Waals surface area contributed by atoms with Gasteiger partial charge in [0.2, 0.25) is 35.4 Å². The summed E-state index contributed by atoms with van der Waals surface area (Å²) in [6.07, 6.45) is -1.01. The lowest BCUT2D eigenvalue weighted by Gasteiger charge is -2.34. The van der Waals surface area contributed by atoms with Crippen molar-refractivity contribution in [1.29, 1.82) is 0 Å². The van der Waals surface area contributed by atoms with Gasteiger partial charge in [-0.05, 0) is 6.92 Å². The quantitative estimate of drug-likeness (QED) is 0.0338. The second kappa shape index (κ2) is 52.2. The molecule has 0 aliphatic carbocycles. The van der Waals surface area contributed by atoms with Crippen LogP contribution in [0.25, 0.3) is 0 Å². The Morgan fingerprint density at radius 2 is 0.514 bits per heavy atom. The molecule has 0 aliphatic rings. The van der Waals surface area contributed by atoms with Crippen LogP contribution >= 0.6 is 0 Å². The van der Waals surface area contributed by atoms with Gasteiger partial charge in [-0.25, -0.2) is 0 Å². The van der Waals surface area contributed by atoms with Gasteiger partial charge in [-0.1, -0.05) is 118 Å². The third-order valence-corrected chi connectivity index (χ3v) is 15.9. The molecule has 0 rings (SSSR count). The Morgan fingerprint density at radius 3 is 0.748 bits per heavy atom. The van der Waals surface area contributed by atoms with Crippen LogP contribution in [0.2, 0.25) is 0 Å². The third-order valence-electron chi connectivity index (χ3n) is 15.9. The van der Waals surface area contributed by atoms with Crippen LogP contribution in [0.5, 0.6) is 0 Å². The molecule has 34 nitrogen and oxygen atoms in total. The summed E-state index contributed by atoms with van der Waals surface area (Å²) >= 11 is 0. The van der Waals surface area contributed by atoms with Gasteiger partial charge in [0.05, 0.1) is 96.6 Å². The maximum atomic E-state index is 13.6. The van der Waals surface area contributed by atoms with Crippen LogP contribution < -0.4 is 31.9 Å². The Balaban J connectivity index is 6.60. The highest BCUT2D eigenvalue weighted by molar-refractivity contribution is 5.86. The molecule has 2 atom stereocenters. The molecule has 0 spiro atoms. The number of carbonyl (C=O) groups is 15. The van der Waals surface area contributed by atoms with E-state index in [9.17, 15) is 77.0 Å². The first-order chi connectivity index (χ1) is 50.0. The van der Waals surface area contributed by atoms with Crippen LogP contribution in [0.15, 0.2) is 0 Å². The number of hydrogen-bond acceptors (Lipinski definition) is 28. The first-order valence-corrected chi connectivity index (χ1v) is 36.4. The minimum absolute atomic E-state index is 0.0881. The van der Waals surface area contributed by atoms with Gasteiger partial charge in [0, 0.05) is 82.9 Å². The summed E-state index contributed by atoms with van der Waals surface area (Å²) < 4.78 is 66.9. The van der Waals surface area contributed by atoms with Crippen molar-refractivity contribution in [1.82, 2.24) is 31.9 Å². The van der Waals surface area contributed by atoms with Crippen molar-refractivity contribution in [2.45, 2.75) is 150 Å². The number of Topliss-reactive ketones (excluding diaryl/α,β-unsaturated/α-hetero) is 1. The molecule has 0 fully saturated rings. The van der Waals surface area contributed by atoms with E-state index in [1.807, 2.05) is 0 Å². The fraction of sp³-hybridized carbons (Fsp3) is 0.795. The first-order valence-electron chi connectivity index (χ1n) is 36.4. The molecule has 2 unspecified atom stereocenters. The van der Waals surface area contributed by atoms with E-state index in [1.54, 1.807) is 118 Å². The summed E-state index contributed by atoms with van der Waals surface area (Å²) in [4.78, 5) is 194. The van der Waals surface area contributed by atoms with Crippen molar-refractivity contribution in [3.8, 4) is 0 Å². The number of ether oxygens (including phenoxy) is 12. The number of hydrogen-bond donors (Lipinski definition) is 7. The zero-order valence-corrected chi connectivity index (χ0v) is 66.3. The van der Waals surface area contributed by atoms with Gasteiger partial charge in [0.25, 0.3) is 0 Å². The van der Waals surface area contributed by atoms with E-state index >= 15 is 0 Å². The number of amides is 6. The van der Waals surface area contributed by atoms with E-state index in [2.05, 4.69) is 31.9 Å². The van der Waals surface area contributed by atoms with E-state index in [0.29, 0.717) is 0 Å². The number of nitrogens with one attached hydrogen (secondary N) is 6. The van der Waals surface area contributed by atoms with E-state index in [-0.39, 0.29) is 89.9 Å². The van der Waals surface area contributed by atoms with Gasteiger partial charge in [-0.3, -0.25) is 71.9 Å². The number of ketones is 1. The Kier molecular flexibility index (Phi) is 48.3. The first kappa shape index (κ1) is 99.0. The largest absolute Gasteiger partial charge is 0.465 e. The number of aliphatic hydroxyl groups is 1. The van der Waals surface area contributed by atoms with E-state index in [1.165, 1.54) is 6.92 Å². The molecule has 0 saturated heterocycles. The fourth-order valence-corrected chi connectivity index (χ4v) is 8.45. The maximum absolute atomic E-state index is 13.6. The molecular formula is C73H124N6O28. The molecule has 7 N–H and O–H groups in total. The molecule has 0 aromatic rings. The molecule has 0 bridgehead atoms. The smallest absolute Gasteiger partial charge is 0.309 e. The summed E-state index contributed by atoms with van der Waals surface area (Å²) in [6, 6.07) is 0. The SMILES string of the molecule is CCOCC(CNC(=O)CCNC(=O)COCC(COC(=O)C(C)C)(COC(=O)C(C)C)COC(=O)C(C)C)(CNC(=O)CCNC(=O)COCC(COC(=O)C(C)C)(COC(=O)C(C)C)COC(=O)C(C)C)CNC(=O)CCNC(=O)COCC(CO)(COC(=O)C(C)C)COC(=O)C(C)CC(=O)C(C)C. The van der Waals surface area contributed by atoms with Crippen LogP contribution in [0.3, 0.4) is 0 Å². The minimum atomic E-state index is -1.52. The third kappa shape index (κ3) is 43.0. The summed E-state index contributed by atoms with van der Waals surface area (Å²) in [5, 5.41) is 26.5.